The molecule has 0 saturated heterocycles. The van der Waals surface area contributed by atoms with E-state index in [-0.39, 0.29) is 5.56 Å². The highest BCUT2D eigenvalue weighted by Gasteiger charge is 2.01. The van der Waals surface area contributed by atoms with Crippen LogP contribution < -0.4 is 10.3 Å². The van der Waals surface area contributed by atoms with Gasteiger partial charge in [-0.25, -0.2) is 0 Å². The molecule has 1 aromatic heterocycles. The molecule has 16 heavy (non-hydrogen) atoms. The van der Waals surface area contributed by atoms with Gasteiger partial charge >= 0.3 is 0 Å². The molecule has 1 heterocycles. The van der Waals surface area contributed by atoms with Crippen molar-refractivity contribution in [2.24, 2.45) is 0 Å². The molecule has 0 saturated carbocycles. The first-order valence-electron chi connectivity index (χ1n) is 4.72. The van der Waals surface area contributed by atoms with Crippen LogP contribution in [0.3, 0.4) is 0 Å². The first kappa shape index (κ1) is 10.9. The molecule has 1 aromatic carbocycles. The van der Waals surface area contributed by atoms with E-state index in [1.54, 1.807) is 18.9 Å². The van der Waals surface area contributed by atoms with E-state index in [1.165, 1.54) is 6.07 Å². The first-order chi connectivity index (χ1) is 7.78. The molecule has 0 bridgehead atoms. The Kier molecular flexibility index (Phi) is 3.36. The van der Waals surface area contributed by atoms with E-state index in [4.69, 9.17) is 9.26 Å². The molecule has 0 aliphatic heterocycles. The highest BCUT2D eigenvalue weighted by Crippen LogP contribution is 2.24. The average Bonchev–Trinajstić information content (AvgIpc) is 2.73. The summed E-state index contributed by atoms with van der Waals surface area (Å²) in [5, 5.41) is 2.26. The Morgan fingerprint density at radius 2 is 2.12 bits per heavy atom. The summed E-state index contributed by atoms with van der Waals surface area (Å²) in [5.41, 5.74) is -0.203. The molecule has 0 aliphatic rings. The summed E-state index contributed by atoms with van der Waals surface area (Å²) < 4.78 is 10.0. The molecular weight excluding hydrogens is 226 g/mol. The third kappa shape index (κ3) is 2.70. The number of nitrogens with one attached hydrogen (secondary N) is 1. The summed E-state index contributed by atoms with van der Waals surface area (Å²) >= 11 is 1.60. The SMILES string of the molecule is COc1ccc(SCc2cc(=O)[nH]o2)cc1. The molecule has 2 aromatic rings. The summed E-state index contributed by atoms with van der Waals surface area (Å²) in [4.78, 5) is 11.9. The Morgan fingerprint density at radius 1 is 1.38 bits per heavy atom. The molecule has 84 valence electrons. The van der Waals surface area contributed by atoms with Gasteiger partial charge in [0, 0.05) is 11.0 Å². The van der Waals surface area contributed by atoms with Crippen molar-refractivity contribution >= 4 is 11.8 Å². The van der Waals surface area contributed by atoms with Crippen LogP contribution in [0.25, 0.3) is 0 Å². The predicted molar refractivity (Wildman–Crippen MR) is 61.9 cm³/mol. The maximum atomic E-state index is 10.8. The van der Waals surface area contributed by atoms with Gasteiger partial charge in [-0.2, -0.15) is 5.16 Å². The lowest BCUT2D eigenvalue weighted by Crippen LogP contribution is -1.92. The van der Waals surface area contributed by atoms with Gasteiger partial charge in [-0.1, -0.05) is 0 Å². The Balaban J connectivity index is 1.96. The van der Waals surface area contributed by atoms with E-state index in [0.29, 0.717) is 11.5 Å². The van der Waals surface area contributed by atoms with Gasteiger partial charge in [-0.05, 0) is 24.3 Å². The largest absolute Gasteiger partial charge is 0.497 e. The van der Waals surface area contributed by atoms with Crippen molar-refractivity contribution in [1.82, 2.24) is 5.16 Å². The van der Waals surface area contributed by atoms with Crippen molar-refractivity contribution in [3.05, 3.63) is 46.4 Å². The van der Waals surface area contributed by atoms with Gasteiger partial charge in [0.25, 0.3) is 5.56 Å². The molecule has 0 amide bonds. The Bertz CT molecular complexity index is 500. The van der Waals surface area contributed by atoms with Crippen LogP contribution in [-0.4, -0.2) is 12.3 Å². The summed E-state index contributed by atoms with van der Waals surface area (Å²) in [6.45, 7) is 0. The molecule has 4 nitrogen and oxygen atoms in total. The summed E-state index contributed by atoms with van der Waals surface area (Å²) in [5.74, 6) is 2.11. The van der Waals surface area contributed by atoms with Crippen molar-refractivity contribution in [2.75, 3.05) is 7.11 Å². The van der Waals surface area contributed by atoms with Crippen molar-refractivity contribution < 1.29 is 9.26 Å². The number of benzene rings is 1. The monoisotopic (exact) mass is 237 g/mol. The van der Waals surface area contributed by atoms with Crippen molar-refractivity contribution in [3.8, 4) is 5.75 Å². The lowest BCUT2D eigenvalue weighted by Gasteiger charge is -2.01. The second-order valence-electron chi connectivity index (χ2n) is 3.14. The summed E-state index contributed by atoms with van der Waals surface area (Å²) in [6.07, 6.45) is 0. The van der Waals surface area contributed by atoms with Crippen LogP contribution in [0.5, 0.6) is 5.75 Å². The lowest BCUT2D eigenvalue weighted by molar-refractivity contribution is 0.390. The highest BCUT2D eigenvalue weighted by atomic mass is 32.2. The van der Waals surface area contributed by atoms with Gasteiger partial charge in [-0.15, -0.1) is 11.8 Å². The number of rotatable bonds is 4. The minimum atomic E-state index is -0.203. The second-order valence-corrected chi connectivity index (χ2v) is 4.19. The molecule has 0 fully saturated rings. The van der Waals surface area contributed by atoms with Crippen LogP contribution in [0.1, 0.15) is 5.76 Å². The number of methoxy groups -OCH3 is 1. The molecular formula is C11H11NO3S. The number of thioether (sulfide) groups is 1. The second kappa shape index (κ2) is 4.94. The van der Waals surface area contributed by atoms with Gasteiger partial charge in [0.2, 0.25) is 0 Å². The number of H-pyrrole nitrogens is 1. The third-order valence-electron chi connectivity index (χ3n) is 2.02. The number of aromatic amines is 1. The zero-order valence-electron chi connectivity index (χ0n) is 8.73. The van der Waals surface area contributed by atoms with Crippen LogP contribution in [0.2, 0.25) is 0 Å². The van der Waals surface area contributed by atoms with Gasteiger partial charge in [0.15, 0.2) is 0 Å². The van der Waals surface area contributed by atoms with E-state index in [0.717, 1.165) is 10.6 Å². The molecule has 0 radical (unpaired) electrons. The lowest BCUT2D eigenvalue weighted by atomic mass is 10.3. The van der Waals surface area contributed by atoms with E-state index >= 15 is 0 Å². The molecule has 0 unspecified atom stereocenters. The maximum Gasteiger partial charge on any atom is 0.280 e. The Labute approximate surface area is 96.6 Å². The third-order valence-corrected chi connectivity index (χ3v) is 3.05. The fourth-order valence-electron chi connectivity index (χ4n) is 1.22. The van der Waals surface area contributed by atoms with Crippen molar-refractivity contribution in [3.63, 3.8) is 0 Å². The zero-order valence-corrected chi connectivity index (χ0v) is 9.54. The summed E-state index contributed by atoms with van der Waals surface area (Å²) in [7, 11) is 1.64. The minimum Gasteiger partial charge on any atom is -0.497 e. The number of ether oxygens (including phenoxy) is 1. The highest BCUT2D eigenvalue weighted by molar-refractivity contribution is 7.98. The number of hydrogen-bond donors (Lipinski definition) is 1. The molecule has 0 atom stereocenters. The first-order valence-corrected chi connectivity index (χ1v) is 5.71. The number of hydrogen-bond acceptors (Lipinski definition) is 4. The van der Waals surface area contributed by atoms with Crippen LogP contribution in [0.4, 0.5) is 0 Å². The Morgan fingerprint density at radius 3 is 2.69 bits per heavy atom. The average molecular weight is 237 g/mol. The van der Waals surface area contributed by atoms with E-state index in [9.17, 15) is 4.79 Å². The molecule has 0 aliphatic carbocycles. The summed E-state index contributed by atoms with van der Waals surface area (Å²) in [6, 6.07) is 9.18. The van der Waals surface area contributed by atoms with Crippen LogP contribution in [0, 0.1) is 0 Å². The molecule has 2 rings (SSSR count). The van der Waals surface area contributed by atoms with Crippen LogP contribution in [-0.2, 0) is 5.75 Å². The molecule has 0 spiro atoms. The normalized spacial score (nSPS) is 10.3. The van der Waals surface area contributed by atoms with Crippen molar-refractivity contribution in [2.45, 2.75) is 10.6 Å². The van der Waals surface area contributed by atoms with E-state index in [2.05, 4.69) is 5.16 Å². The minimum absolute atomic E-state index is 0.203. The zero-order chi connectivity index (χ0) is 11.4. The Hall–Kier alpha value is -1.62. The van der Waals surface area contributed by atoms with E-state index in [1.807, 2.05) is 24.3 Å². The predicted octanol–water partition coefficient (Wildman–Crippen LogP) is 2.27. The quantitative estimate of drug-likeness (QED) is 0.829. The van der Waals surface area contributed by atoms with Crippen LogP contribution >= 0.6 is 11.8 Å². The maximum absolute atomic E-state index is 10.8. The van der Waals surface area contributed by atoms with Crippen molar-refractivity contribution in [1.29, 1.82) is 0 Å². The van der Waals surface area contributed by atoms with Gasteiger partial charge in [-0.3, -0.25) is 4.79 Å². The van der Waals surface area contributed by atoms with Crippen LogP contribution in [0.15, 0.2) is 44.5 Å². The fraction of sp³-hybridized carbons (Fsp3) is 0.182. The van der Waals surface area contributed by atoms with E-state index < -0.39 is 0 Å². The topological polar surface area (TPSA) is 55.2 Å². The van der Waals surface area contributed by atoms with Gasteiger partial charge < -0.3 is 9.26 Å². The standard InChI is InChI=1S/C11H11NO3S/c1-14-8-2-4-10(5-3-8)16-7-9-6-11(13)12-15-9/h2-6H,7H2,1H3,(H,12,13). The van der Waals surface area contributed by atoms with Gasteiger partial charge in [0.05, 0.1) is 12.9 Å². The molecule has 5 heteroatoms. The molecule has 1 N–H and O–H groups in total. The van der Waals surface area contributed by atoms with Gasteiger partial charge in [0.1, 0.15) is 11.5 Å². The fourth-order valence-corrected chi connectivity index (χ4v) is 2.00. The smallest absolute Gasteiger partial charge is 0.280 e. The number of aromatic nitrogens is 1.